The first-order valence-electron chi connectivity index (χ1n) is 10.1. The average Bonchev–Trinajstić information content (AvgIpc) is 2.70. The summed E-state index contributed by atoms with van der Waals surface area (Å²) in [5.41, 5.74) is 5.49. The second-order valence-electron chi connectivity index (χ2n) is 8.02. The third-order valence-electron chi connectivity index (χ3n) is 6.12. The van der Waals surface area contributed by atoms with E-state index < -0.39 is 12.5 Å². The molecule has 1 aromatic rings. The van der Waals surface area contributed by atoms with Crippen LogP contribution in [0.2, 0.25) is 0 Å². The van der Waals surface area contributed by atoms with Gasteiger partial charge < -0.3 is 9.47 Å². The number of carbonyl (C=O) groups excluding carboxylic acids is 1. The molecule has 3 rings (SSSR count). The van der Waals surface area contributed by atoms with Gasteiger partial charge in [0, 0.05) is 31.7 Å². The van der Waals surface area contributed by atoms with Crippen molar-refractivity contribution in [1.29, 1.82) is 0 Å². The Morgan fingerprint density at radius 3 is 2.38 bits per heavy atom. The van der Waals surface area contributed by atoms with E-state index in [2.05, 4.69) is 30.9 Å². The number of alkyl halides is 1. The number of nitrogens with zero attached hydrogens (tertiary/aromatic N) is 1. The zero-order valence-corrected chi connectivity index (χ0v) is 27.0. The fraction of sp³-hybridized carbons (Fsp3) is 0.682. The van der Waals surface area contributed by atoms with Crippen LogP contribution in [0.25, 0.3) is 0 Å². The molecule has 204 valence electrons. The molecular weight excluding hydrogens is 569 g/mol. The molecule has 2 aliphatic rings. The molecule has 1 aromatic carbocycles. The summed E-state index contributed by atoms with van der Waals surface area (Å²) in [7, 11) is 0. The van der Waals surface area contributed by atoms with Gasteiger partial charge in [-0.1, -0.05) is 12.1 Å². The summed E-state index contributed by atoms with van der Waals surface area (Å²) in [6.07, 6.45) is 4.81. The van der Waals surface area contributed by atoms with Crippen LogP contribution in [0.5, 0.6) is 0 Å². The van der Waals surface area contributed by atoms with Crippen LogP contribution in [0.1, 0.15) is 41.1 Å². The summed E-state index contributed by atoms with van der Waals surface area (Å²) in [6.45, 7) is 5.93. The number of thioether (sulfide) groups is 1. The molecule has 0 aromatic heterocycles. The normalized spacial score (nSPS) is 20.3. The molecule has 1 fully saturated rings. The van der Waals surface area contributed by atoms with Crippen molar-refractivity contribution >= 4 is 98.5 Å². The summed E-state index contributed by atoms with van der Waals surface area (Å²) in [4.78, 5) is 14.0. The van der Waals surface area contributed by atoms with Gasteiger partial charge in [-0.05, 0) is 61.6 Å². The van der Waals surface area contributed by atoms with Crippen molar-refractivity contribution in [2.24, 2.45) is 5.92 Å². The first-order valence-corrected chi connectivity index (χ1v) is 11.5. The second-order valence-corrected chi connectivity index (χ2v) is 8.83. The minimum Gasteiger partial charge on any atom is -0.371 e. The Bertz CT molecular complexity index is 703. The lowest BCUT2D eigenvalue weighted by molar-refractivity contribution is -0.131. The Labute approximate surface area is 251 Å². The minimum atomic E-state index is -0.953. The Morgan fingerprint density at radius 1 is 1.12 bits per heavy atom. The highest BCUT2D eigenvalue weighted by atomic mass is 32.2. The lowest BCUT2D eigenvalue weighted by atomic mass is 9.79. The maximum Gasteiger partial charge on any atom is 0.189 e. The van der Waals surface area contributed by atoms with Gasteiger partial charge in [0.2, 0.25) is 0 Å². The van der Waals surface area contributed by atoms with Crippen molar-refractivity contribution in [3.8, 4) is 0 Å². The molecule has 0 saturated carbocycles. The highest BCUT2D eigenvalue weighted by molar-refractivity contribution is 7.98. The van der Waals surface area contributed by atoms with Crippen LogP contribution in [0.4, 0.5) is 4.39 Å². The number of rotatable bonds is 9. The summed E-state index contributed by atoms with van der Waals surface area (Å²) >= 11 is 1.67. The summed E-state index contributed by atoms with van der Waals surface area (Å²) in [5, 5.41) is 0. The smallest absolute Gasteiger partial charge is 0.189 e. The van der Waals surface area contributed by atoms with E-state index in [1.165, 1.54) is 22.3 Å². The third-order valence-corrected chi connectivity index (χ3v) is 6.52. The Kier molecular flexibility index (Phi) is 26.2. The van der Waals surface area contributed by atoms with Gasteiger partial charge in [-0.3, -0.25) is 9.69 Å². The number of ketones is 1. The topological polar surface area (TPSA) is 38.8 Å². The van der Waals surface area contributed by atoms with E-state index in [0.29, 0.717) is 24.5 Å². The van der Waals surface area contributed by atoms with E-state index in [4.69, 9.17) is 9.47 Å². The van der Waals surface area contributed by atoms with Gasteiger partial charge in [0.1, 0.15) is 6.61 Å². The molecule has 0 radical (unpaired) electrons. The van der Waals surface area contributed by atoms with Crippen LogP contribution in [0.15, 0.2) is 12.1 Å². The number of carbonyl (C=O) groups is 1. The molecule has 0 spiro atoms. The Balaban J connectivity index is -0.000000750. The maximum absolute atomic E-state index is 12.6. The van der Waals surface area contributed by atoms with Crippen LogP contribution in [-0.4, -0.2) is 62.0 Å². The first-order chi connectivity index (χ1) is 13.5. The number of Topliss-reactive ketones (excluding diaryl/α,β-unsaturated/α-hetero) is 1. The molecule has 4 nitrogen and oxygen atoms in total. The molecule has 0 unspecified atom stereocenters. The number of aryl methyl sites for hydroxylation is 2. The number of hydrogen-bond acceptors (Lipinski definition) is 5. The van der Waals surface area contributed by atoms with Gasteiger partial charge in [0.25, 0.3) is 0 Å². The molecule has 2 aliphatic heterocycles. The van der Waals surface area contributed by atoms with E-state index in [0.717, 1.165) is 32.4 Å². The van der Waals surface area contributed by atoms with Crippen molar-refractivity contribution in [3.63, 3.8) is 0 Å². The van der Waals surface area contributed by atoms with Crippen molar-refractivity contribution in [2.75, 3.05) is 45.2 Å². The molecule has 0 amide bonds. The lowest BCUT2D eigenvalue weighted by Crippen LogP contribution is -2.49. The first kappa shape index (κ1) is 42.2. The fourth-order valence-electron chi connectivity index (χ4n) is 4.46. The number of halogens is 1. The molecule has 0 N–H and O–H groups in total. The van der Waals surface area contributed by atoms with Crippen molar-refractivity contribution in [3.05, 3.63) is 34.4 Å². The van der Waals surface area contributed by atoms with E-state index in [1.807, 2.05) is 6.26 Å². The minimum absolute atomic E-state index is 0. The zero-order chi connectivity index (χ0) is 20.1. The average molecular weight is 613 g/mol. The van der Waals surface area contributed by atoms with Crippen molar-refractivity contribution in [2.45, 2.75) is 45.3 Å². The van der Waals surface area contributed by atoms with Gasteiger partial charge in [-0.2, -0.15) is 81.0 Å². The maximum atomic E-state index is 12.6. The molecular formula is C22H44FNO3S7. The van der Waals surface area contributed by atoms with Crippen LogP contribution >= 0.6 is 92.7 Å². The highest BCUT2D eigenvalue weighted by Gasteiger charge is 2.39. The van der Waals surface area contributed by atoms with Crippen molar-refractivity contribution < 1.29 is 18.7 Å². The van der Waals surface area contributed by atoms with E-state index in [1.54, 1.807) is 11.8 Å². The molecule has 34 heavy (non-hydrogen) atoms. The van der Waals surface area contributed by atoms with Crippen molar-refractivity contribution in [1.82, 2.24) is 4.90 Å². The zero-order valence-electron chi connectivity index (χ0n) is 20.2. The third kappa shape index (κ3) is 11.3. The monoisotopic (exact) mass is 612 g/mol. The SMILES string of the molecule is CSCOCC[C@H]1CN2CCc3cc(C)c(C)cc3[C@@H]2C[C@@H]1OCC(=O)C[18F].S.S.S.S.S.S. The molecule has 12 heteroatoms. The number of piperidine rings is 1. The van der Waals surface area contributed by atoms with Gasteiger partial charge in [-0.15, -0.1) is 11.8 Å². The van der Waals surface area contributed by atoms with Crippen LogP contribution < -0.4 is 0 Å². The molecule has 1 saturated heterocycles. The standard InChI is InChI=1S/C22H32FNO3S.6H2S/c1-15-8-17-4-6-24-12-18(5-7-26-14-28-3)22(27-13-19(25)11-23)10-21(24)20(17)9-16(15)2;;;;;;/h8-9,18,21-22H,4-7,10-14H2,1-3H3;6*1H2/t18-,21-,22-;;;;;;/m0....../s1/i23-1;;;;;;. The predicted molar refractivity (Wildman–Crippen MR) is 174 cm³/mol. The molecule has 0 bridgehead atoms. The van der Waals surface area contributed by atoms with Crippen LogP contribution in [-0.2, 0) is 20.7 Å². The van der Waals surface area contributed by atoms with Gasteiger partial charge in [0.05, 0.1) is 12.0 Å². The fourth-order valence-corrected chi connectivity index (χ4v) is 4.75. The Morgan fingerprint density at radius 2 is 1.76 bits per heavy atom. The Hall–Kier alpha value is 1.15. The van der Waals surface area contributed by atoms with Crippen LogP contribution in [0, 0.1) is 19.8 Å². The predicted octanol–water partition coefficient (Wildman–Crippen LogP) is 4.55. The highest BCUT2D eigenvalue weighted by Crippen LogP contribution is 2.41. The quantitative estimate of drug-likeness (QED) is 0.302. The second kappa shape index (κ2) is 21.1. The van der Waals surface area contributed by atoms with Gasteiger partial charge >= 0.3 is 0 Å². The van der Waals surface area contributed by atoms with E-state index >= 15 is 0 Å². The van der Waals surface area contributed by atoms with E-state index in [9.17, 15) is 9.18 Å². The summed E-state index contributed by atoms with van der Waals surface area (Å²) in [6, 6.07) is 4.97. The largest absolute Gasteiger partial charge is 0.371 e. The molecule has 3 atom stereocenters. The number of ether oxygens (including phenoxy) is 2. The molecule has 2 heterocycles. The summed E-state index contributed by atoms with van der Waals surface area (Å²) in [5.74, 6) is 0.519. The number of hydrogen-bond donors (Lipinski definition) is 0. The van der Waals surface area contributed by atoms with Gasteiger partial charge in [0.15, 0.2) is 12.5 Å². The van der Waals surface area contributed by atoms with Gasteiger partial charge in [-0.25, -0.2) is 4.39 Å². The number of benzene rings is 1. The number of fused-ring (bicyclic) bond motifs is 3. The summed E-state index contributed by atoms with van der Waals surface area (Å²) < 4.78 is 24.2. The van der Waals surface area contributed by atoms with E-state index in [-0.39, 0.29) is 93.7 Å². The molecule has 0 aliphatic carbocycles. The lowest BCUT2D eigenvalue weighted by Gasteiger charge is -2.47. The van der Waals surface area contributed by atoms with Crippen LogP contribution in [0.3, 0.4) is 0 Å².